The van der Waals surface area contributed by atoms with Crippen molar-refractivity contribution < 1.29 is 28.5 Å². The summed E-state index contributed by atoms with van der Waals surface area (Å²) in [6, 6.07) is 13.0. The van der Waals surface area contributed by atoms with Gasteiger partial charge in [-0.2, -0.15) is 4.98 Å². The molecule has 242 valence electrons. The molecule has 2 atom stereocenters. The van der Waals surface area contributed by atoms with E-state index in [1.165, 1.54) is 12.1 Å². The number of hydrogen-bond acceptors (Lipinski definition) is 8. The molecule has 3 aliphatic rings. The van der Waals surface area contributed by atoms with E-state index in [1.807, 2.05) is 30.5 Å². The standard InChI is InChI=1S/C31H28Cl2FN5O5.C2H6/c32-20-5-4-18(23(34)12-20)15-44-29-3-1-2-27(35-29)38-8-7-37(25-16-42-17-26(25)38)14-28-36-30-22(33)10-19(31(40)41)11-24(30)39(28)13-21-6-9-43-21;1-2/h1-5,10-12,17,21,25H,6-9,13-16H2,(H,40,41);1-2H3. The van der Waals surface area contributed by atoms with Crippen molar-refractivity contribution in [2.45, 2.75) is 52.1 Å². The third kappa shape index (κ3) is 6.50. The summed E-state index contributed by atoms with van der Waals surface area (Å²) >= 11 is 12.4. The van der Waals surface area contributed by atoms with Gasteiger partial charge in [0.2, 0.25) is 5.88 Å². The molecule has 2 unspecified atom stereocenters. The van der Waals surface area contributed by atoms with Crippen LogP contribution in [-0.4, -0.2) is 69.0 Å². The van der Waals surface area contributed by atoms with E-state index in [2.05, 4.69) is 9.80 Å². The number of anilines is 1. The summed E-state index contributed by atoms with van der Waals surface area (Å²) in [6.45, 7) is 7.57. The molecule has 0 bridgehead atoms. The van der Waals surface area contributed by atoms with E-state index < -0.39 is 11.8 Å². The van der Waals surface area contributed by atoms with Crippen molar-refractivity contribution in [3.63, 3.8) is 0 Å². The van der Waals surface area contributed by atoms with Gasteiger partial charge < -0.3 is 28.8 Å². The van der Waals surface area contributed by atoms with E-state index in [0.717, 1.165) is 17.9 Å². The molecule has 7 rings (SSSR count). The van der Waals surface area contributed by atoms with Crippen LogP contribution in [0.5, 0.6) is 5.88 Å². The van der Waals surface area contributed by atoms with Crippen molar-refractivity contribution in [2.75, 3.05) is 31.2 Å². The third-order valence-corrected chi connectivity index (χ3v) is 8.72. The first-order valence-electron chi connectivity index (χ1n) is 15.2. The smallest absolute Gasteiger partial charge is 0.335 e. The van der Waals surface area contributed by atoms with Crippen molar-refractivity contribution >= 4 is 46.0 Å². The average molecular weight is 671 g/mol. The van der Waals surface area contributed by atoms with E-state index >= 15 is 0 Å². The number of halogens is 3. The van der Waals surface area contributed by atoms with E-state index in [4.69, 9.17) is 47.4 Å². The van der Waals surface area contributed by atoms with Crippen LogP contribution in [0.1, 0.15) is 42.0 Å². The predicted octanol–water partition coefficient (Wildman–Crippen LogP) is 6.53. The zero-order chi connectivity index (χ0) is 32.4. The number of benzene rings is 2. The highest BCUT2D eigenvalue weighted by molar-refractivity contribution is 6.35. The number of imidazole rings is 1. The number of hydrogen-bond donors (Lipinski definition) is 1. The molecule has 13 heteroatoms. The van der Waals surface area contributed by atoms with Crippen LogP contribution < -0.4 is 9.64 Å². The highest BCUT2D eigenvalue weighted by Gasteiger charge is 2.37. The molecule has 46 heavy (non-hydrogen) atoms. The molecule has 0 amide bonds. The molecule has 5 heterocycles. The van der Waals surface area contributed by atoms with Gasteiger partial charge in [-0.25, -0.2) is 14.2 Å². The molecular formula is C33H34Cl2FN5O5. The lowest BCUT2D eigenvalue weighted by Crippen LogP contribution is -2.51. The summed E-state index contributed by atoms with van der Waals surface area (Å²) in [6.07, 6.45) is 2.73. The molecule has 2 fully saturated rings. The number of carbonyl (C=O) groups is 1. The van der Waals surface area contributed by atoms with Gasteiger partial charge in [0.05, 0.1) is 47.0 Å². The van der Waals surface area contributed by atoms with Crippen LogP contribution in [0.3, 0.4) is 0 Å². The van der Waals surface area contributed by atoms with Gasteiger partial charge >= 0.3 is 5.97 Å². The molecule has 0 aliphatic carbocycles. The summed E-state index contributed by atoms with van der Waals surface area (Å²) in [5.41, 5.74) is 2.71. The van der Waals surface area contributed by atoms with E-state index in [-0.39, 0.29) is 24.3 Å². The highest BCUT2D eigenvalue weighted by Crippen LogP contribution is 2.34. The molecule has 0 spiro atoms. The lowest BCUT2D eigenvalue weighted by Gasteiger charge is -2.40. The molecule has 10 nitrogen and oxygen atoms in total. The van der Waals surface area contributed by atoms with Crippen LogP contribution >= 0.6 is 23.2 Å². The second kappa shape index (κ2) is 13.8. The Labute approximate surface area is 275 Å². The number of carboxylic acid groups (broad SMARTS) is 1. The zero-order valence-electron chi connectivity index (χ0n) is 25.5. The molecule has 4 aromatic rings. The Hall–Kier alpha value is -3.90. The van der Waals surface area contributed by atoms with Gasteiger partial charge in [0.1, 0.15) is 42.5 Å². The number of carboxylic acids is 1. The van der Waals surface area contributed by atoms with Gasteiger partial charge in [0.15, 0.2) is 0 Å². The predicted molar refractivity (Wildman–Crippen MR) is 173 cm³/mol. The minimum absolute atomic E-state index is 0.0204. The topological polar surface area (TPSA) is 102 Å². The van der Waals surface area contributed by atoms with Crippen molar-refractivity contribution in [3.05, 3.63) is 93.3 Å². The van der Waals surface area contributed by atoms with Crippen molar-refractivity contribution in [1.29, 1.82) is 0 Å². The van der Waals surface area contributed by atoms with Crippen molar-refractivity contribution in [1.82, 2.24) is 19.4 Å². The molecule has 0 saturated carbocycles. The first-order chi connectivity index (χ1) is 22.3. The van der Waals surface area contributed by atoms with E-state index in [9.17, 15) is 14.3 Å². The van der Waals surface area contributed by atoms with Gasteiger partial charge in [0.25, 0.3) is 0 Å². The number of pyridine rings is 1. The summed E-state index contributed by atoms with van der Waals surface area (Å²) < 4.78 is 33.6. The summed E-state index contributed by atoms with van der Waals surface area (Å²) in [5.74, 6) is 0.377. The van der Waals surface area contributed by atoms with Crippen LogP contribution in [0.4, 0.5) is 10.2 Å². The molecule has 2 aromatic heterocycles. The molecule has 2 aromatic carbocycles. The number of ether oxygens (including phenoxy) is 3. The molecule has 1 N–H and O–H groups in total. The van der Waals surface area contributed by atoms with Crippen LogP contribution in [-0.2, 0) is 29.2 Å². The number of nitrogens with zero attached hydrogens (tertiary/aromatic N) is 5. The lowest BCUT2D eigenvalue weighted by atomic mass is 10.1. The number of aromatic carboxylic acids is 1. The fraction of sp³-hybridized carbons (Fsp3) is 0.364. The molecule has 2 saturated heterocycles. The maximum Gasteiger partial charge on any atom is 0.335 e. The first-order valence-corrected chi connectivity index (χ1v) is 16.0. The monoisotopic (exact) mass is 669 g/mol. The number of fused-ring (bicyclic) bond motifs is 2. The Morgan fingerprint density at radius 2 is 1.96 bits per heavy atom. The van der Waals surface area contributed by atoms with Crippen molar-refractivity contribution in [3.8, 4) is 5.88 Å². The maximum atomic E-state index is 14.2. The van der Waals surface area contributed by atoms with Crippen molar-refractivity contribution in [2.24, 2.45) is 0 Å². The van der Waals surface area contributed by atoms with Crippen LogP contribution in [0.15, 0.2) is 60.5 Å². The average Bonchev–Trinajstić information content (AvgIpc) is 3.66. The van der Waals surface area contributed by atoms with Crippen LogP contribution in [0.25, 0.3) is 11.0 Å². The Morgan fingerprint density at radius 3 is 2.70 bits per heavy atom. The Balaban J connectivity index is 0.00000182. The van der Waals surface area contributed by atoms with E-state index in [1.54, 1.807) is 30.5 Å². The molecular weight excluding hydrogens is 636 g/mol. The first kappa shape index (κ1) is 32.1. The normalized spacial score (nSPS) is 19.1. The minimum Gasteiger partial charge on any atom is -0.497 e. The second-order valence-corrected chi connectivity index (χ2v) is 11.8. The SMILES string of the molecule is CC.O=C(O)c1cc(Cl)c2nc(CN3CCN(c4cccc(OCc5ccc(Cl)cc5F)n4)C4=COCC43)n(CC3CCO3)c2c1. The highest BCUT2D eigenvalue weighted by atomic mass is 35.5. The van der Waals surface area contributed by atoms with Gasteiger partial charge in [-0.05, 0) is 36.8 Å². The Morgan fingerprint density at radius 1 is 1.13 bits per heavy atom. The summed E-state index contributed by atoms with van der Waals surface area (Å²) in [7, 11) is 0. The summed E-state index contributed by atoms with van der Waals surface area (Å²) in [5, 5.41) is 10.3. The third-order valence-electron chi connectivity index (χ3n) is 8.20. The van der Waals surface area contributed by atoms with E-state index in [0.29, 0.717) is 77.7 Å². The lowest BCUT2D eigenvalue weighted by molar-refractivity contribution is -0.0592. The van der Waals surface area contributed by atoms with Gasteiger partial charge in [-0.3, -0.25) is 4.90 Å². The largest absolute Gasteiger partial charge is 0.497 e. The molecule has 3 aliphatic heterocycles. The van der Waals surface area contributed by atoms with Gasteiger partial charge in [0, 0.05) is 36.3 Å². The van der Waals surface area contributed by atoms with Gasteiger partial charge in [-0.1, -0.05) is 49.2 Å². The fourth-order valence-corrected chi connectivity index (χ4v) is 6.21. The van der Waals surface area contributed by atoms with Crippen LogP contribution in [0.2, 0.25) is 10.0 Å². The Bertz CT molecular complexity index is 1780. The maximum absolute atomic E-state index is 14.2. The minimum atomic E-state index is -1.04. The fourth-order valence-electron chi connectivity index (χ4n) is 5.79. The zero-order valence-corrected chi connectivity index (χ0v) is 27.0. The number of rotatable bonds is 9. The second-order valence-electron chi connectivity index (χ2n) is 10.9. The Kier molecular flexibility index (Phi) is 9.65. The summed E-state index contributed by atoms with van der Waals surface area (Å²) in [4.78, 5) is 25.7. The van der Waals surface area contributed by atoms with Gasteiger partial charge in [-0.15, -0.1) is 0 Å². The number of aromatic nitrogens is 3. The quantitative estimate of drug-likeness (QED) is 0.213. The number of piperazine rings is 1. The van der Waals surface area contributed by atoms with Crippen LogP contribution in [0, 0.1) is 5.82 Å². The molecule has 0 radical (unpaired) electrons.